The SMILES string of the molecule is NC[C@H]1CCCCC1(F)F. The van der Waals surface area contributed by atoms with Crippen LogP contribution in [0, 0.1) is 5.92 Å². The number of hydrogen-bond donors (Lipinski definition) is 1. The molecule has 1 nitrogen and oxygen atoms in total. The summed E-state index contributed by atoms with van der Waals surface area (Å²) in [5.41, 5.74) is 5.20. The summed E-state index contributed by atoms with van der Waals surface area (Å²) in [6.45, 7) is 0.132. The molecule has 3 heteroatoms. The van der Waals surface area contributed by atoms with Gasteiger partial charge in [0.2, 0.25) is 0 Å². The van der Waals surface area contributed by atoms with Crippen molar-refractivity contribution in [1.29, 1.82) is 0 Å². The lowest BCUT2D eigenvalue weighted by Crippen LogP contribution is -2.36. The first-order valence-corrected chi connectivity index (χ1v) is 3.74. The molecule has 0 aromatic rings. The van der Waals surface area contributed by atoms with Gasteiger partial charge in [-0.05, 0) is 12.8 Å². The van der Waals surface area contributed by atoms with Crippen LogP contribution in [-0.2, 0) is 0 Å². The van der Waals surface area contributed by atoms with Gasteiger partial charge in [0, 0.05) is 18.9 Å². The molecule has 1 atom stereocenters. The van der Waals surface area contributed by atoms with Crippen molar-refractivity contribution < 1.29 is 8.78 Å². The van der Waals surface area contributed by atoms with Gasteiger partial charge in [-0.3, -0.25) is 0 Å². The van der Waals surface area contributed by atoms with Crippen LogP contribution in [0.3, 0.4) is 0 Å². The van der Waals surface area contributed by atoms with Gasteiger partial charge in [0.25, 0.3) is 5.92 Å². The Morgan fingerprint density at radius 2 is 2.10 bits per heavy atom. The fourth-order valence-corrected chi connectivity index (χ4v) is 1.46. The van der Waals surface area contributed by atoms with Gasteiger partial charge in [0.1, 0.15) is 0 Å². The van der Waals surface area contributed by atoms with Crippen LogP contribution in [0.5, 0.6) is 0 Å². The molecule has 0 amide bonds. The molecule has 60 valence electrons. The third-order valence-corrected chi connectivity index (χ3v) is 2.19. The molecule has 0 spiro atoms. The summed E-state index contributed by atoms with van der Waals surface area (Å²) in [6.07, 6.45) is 2.21. The van der Waals surface area contributed by atoms with E-state index in [9.17, 15) is 8.78 Å². The van der Waals surface area contributed by atoms with Gasteiger partial charge in [-0.15, -0.1) is 0 Å². The summed E-state index contributed by atoms with van der Waals surface area (Å²) < 4.78 is 25.6. The zero-order chi connectivity index (χ0) is 7.61. The van der Waals surface area contributed by atoms with Crippen LogP contribution in [0.15, 0.2) is 0 Å². The van der Waals surface area contributed by atoms with E-state index in [1.807, 2.05) is 0 Å². The van der Waals surface area contributed by atoms with E-state index in [4.69, 9.17) is 5.73 Å². The van der Waals surface area contributed by atoms with E-state index in [1.165, 1.54) is 0 Å². The quantitative estimate of drug-likeness (QED) is 0.604. The predicted octanol–water partition coefficient (Wildman–Crippen LogP) is 1.77. The maximum Gasteiger partial charge on any atom is 0.252 e. The molecule has 0 aliphatic heterocycles. The minimum atomic E-state index is -2.48. The highest BCUT2D eigenvalue weighted by Crippen LogP contribution is 2.37. The van der Waals surface area contributed by atoms with Crippen molar-refractivity contribution in [2.45, 2.75) is 31.6 Å². The van der Waals surface area contributed by atoms with E-state index >= 15 is 0 Å². The van der Waals surface area contributed by atoms with Crippen LogP contribution < -0.4 is 5.73 Å². The van der Waals surface area contributed by atoms with Crippen molar-refractivity contribution in [1.82, 2.24) is 0 Å². The van der Waals surface area contributed by atoms with Crippen LogP contribution in [0.1, 0.15) is 25.7 Å². The summed E-state index contributed by atoms with van der Waals surface area (Å²) in [6, 6.07) is 0. The van der Waals surface area contributed by atoms with Crippen molar-refractivity contribution in [3.05, 3.63) is 0 Å². The van der Waals surface area contributed by atoms with Crippen LogP contribution in [-0.4, -0.2) is 12.5 Å². The van der Waals surface area contributed by atoms with Crippen LogP contribution >= 0.6 is 0 Å². The fraction of sp³-hybridized carbons (Fsp3) is 1.00. The summed E-state index contributed by atoms with van der Waals surface area (Å²) in [5.74, 6) is -3.03. The first-order valence-electron chi connectivity index (χ1n) is 3.74. The third-order valence-electron chi connectivity index (χ3n) is 2.19. The number of rotatable bonds is 1. The van der Waals surface area contributed by atoms with Gasteiger partial charge in [0.05, 0.1) is 0 Å². The Labute approximate surface area is 59.6 Å². The van der Waals surface area contributed by atoms with E-state index in [-0.39, 0.29) is 13.0 Å². The van der Waals surface area contributed by atoms with Gasteiger partial charge in [-0.2, -0.15) is 0 Å². The maximum atomic E-state index is 12.8. The van der Waals surface area contributed by atoms with Crippen molar-refractivity contribution in [2.75, 3.05) is 6.54 Å². The van der Waals surface area contributed by atoms with Crippen molar-refractivity contribution in [2.24, 2.45) is 11.7 Å². The lowest BCUT2D eigenvalue weighted by Gasteiger charge is -2.29. The zero-order valence-corrected chi connectivity index (χ0v) is 5.95. The molecule has 1 saturated carbocycles. The molecule has 0 radical (unpaired) electrons. The first-order chi connectivity index (χ1) is 4.67. The van der Waals surface area contributed by atoms with Crippen molar-refractivity contribution >= 4 is 0 Å². The number of alkyl halides is 2. The Balaban J connectivity index is 2.51. The summed E-state index contributed by atoms with van der Waals surface area (Å²) >= 11 is 0. The topological polar surface area (TPSA) is 26.0 Å². The van der Waals surface area contributed by atoms with Crippen LogP contribution in [0.2, 0.25) is 0 Å². The smallest absolute Gasteiger partial charge is 0.252 e. The van der Waals surface area contributed by atoms with Gasteiger partial charge < -0.3 is 5.73 Å². The monoisotopic (exact) mass is 149 g/mol. The second-order valence-corrected chi connectivity index (χ2v) is 2.94. The first kappa shape index (κ1) is 7.92. The molecule has 0 heterocycles. The average Bonchev–Trinajstić information content (AvgIpc) is 1.87. The molecule has 2 N–H and O–H groups in total. The Hall–Kier alpha value is -0.180. The van der Waals surface area contributed by atoms with E-state index in [1.54, 1.807) is 0 Å². The Bertz CT molecular complexity index is 114. The molecule has 0 aromatic heterocycles. The predicted molar refractivity (Wildman–Crippen MR) is 36.0 cm³/mol. The zero-order valence-electron chi connectivity index (χ0n) is 5.95. The van der Waals surface area contributed by atoms with Crippen molar-refractivity contribution in [3.8, 4) is 0 Å². The largest absolute Gasteiger partial charge is 0.330 e. The van der Waals surface area contributed by atoms with Crippen molar-refractivity contribution in [3.63, 3.8) is 0 Å². The summed E-state index contributed by atoms with van der Waals surface area (Å²) in [5, 5.41) is 0. The number of halogens is 2. The normalized spacial score (nSPS) is 32.1. The lowest BCUT2D eigenvalue weighted by molar-refractivity contribution is -0.0816. The Kier molecular flexibility index (Phi) is 2.24. The molecule has 0 aromatic carbocycles. The van der Waals surface area contributed by atoms with Gasteiger partial charge in [-0.25, -0.2) is 8.78 Å². The van der Waals surface area contributed by atoms with Crippen LogP contribution in [0.25, 0.3) is 0 Å². The maximum absolute atomic E-state index is 12.8. The summed E-state index contributed by atoms with van der Waals surface area (Å²) in [7, 11) is 0. The summed E-state index contributed by atoms with van der Waals surface area (Å²) in [4.78, 5) is 0. The molecule has 1 rings (SSSR count). The molecule has 0 saturated heterocycles. The molecule has 10 heavy (non-hydrogen) atoms. The average molecular weight is 149 g/mol. The second kappa shape index (κ2) is 2.82. The Morgan fingerprint density at radius 3 is 2.50 bits per heavy atom. The lowest BCUT2D eigenvalue weighted by atomic mass is 9.86. The molecule has 0 unspecified atom stereocenters. The van der Waals surface area contributed by atoms with Gasteiger partial charge in [0.15, 0.2) is 0 Å². The Morgan fingerprint density at radius 1 is 1.40 bits per heavy atom. The minimum Gasteiger partial charge on any atom is -0.330 e. The highest BCUT2D eigenvalue weighted by molar-refractivity contribution is 4.81. The molecule has 1 fully saturated rings. The van der Waals surface area contributed by atoms with E-state index in [2.05, 4.69) is 0 Å². The molecular weight excluding hydrogens is 136 g/mol. The van der Waals surface area contributed by atoms with Gasteiger partial charge in [-0.1, -0.05) is 6.42 Å². The van der Waals surface area contributed by atoms with Crippen LogP contribution in [0.4, 0.5) is 8.78 Å². The van der Waals surface area contributed by atoms with Gasteiger partial charge >= 0.3 is 0 Å². The van der Waals surface area contributed by atoms with E-state index in [0.717, 1.165) is 6.42 Å². The second-order valence-electron chi connectivity index (χ2n) is 2.94. The fourth-order valence-electron chi connectivity index (χ4n) is 1.46. The third kappa shape index (κ3) is 1.45. The molecule has 1 aliphatic carbocycles. The van der Waals surface area contributed by atoms with E-state index in [0.29, 0.717) is 12.8 Å². The molecule has 0 bridgehead atoms. The minimum absolute atomic E-state index is 0.0366. The molecule has 1 aliphatic rings. The highest BCUT2D eigenvalue weighted by Gasteiger charge is 2.39. The number of nitrogens with two attached hydrogens (primary N) is 1. The van der Waals surface area contributed by atoms with E-state index < -0.39 is 11.8 Å². The standard InChI is InChI=1S/C7H13F2N/c8-7(9)4-2-1-3-6(7)5-10/h6H,1-5,10H2/t6-/m1/s1. The number of hydrogen-bond acceptors (Lipinski definition) is 1. The highest BCUT2D eigenvalue weighted by atomic mass is 19.3. The molecular formula is C7H13F2N.